The van der Waals surface area contributed by atoms with Crippen molar-refractivity contribution in [1.82, 2.24) is 0 Å². The third-order valence-electron chi connectivity index (χ3n) is 1.80. The van der Waals surface area contributed by atoms with Gasteiger partial charge in [-0.3, -0.25) is 0 Å². The Morgan fingerprint density at radius 1 is 1.20 bits per heavy atom. The van der Waals surface area contributed by atoms with Gasteiger partial charge in [0.1, 0.15) is 12.2 Å². The smallest absolute Gasteiger partial charge is 0.163 e. The molecule has 10 heavy (non-hydrogen) atoms. The third-order valence-corrected chi connectivity index (χ3v) is 1.80. The molecule has 3 heteroatoms. The second-order valence-electron chi connectivity index (χ2n) is 3.24. The fourth-order valence-electron chi connectivity index (χ4n) is 1.17. The molecule has 0 unspecified atom stereocenters. The molecule has 2 saturated heterocycles. The van der Waals surface area contributed by atoms with Gasteiger partial charge in [0.25, 0.3) is 0 Å². The van der Waals surface area contributed by atoms with E-state index in [-0.39, 0.29) is 6.10 Å². The van der Waals surface area contributed by atoms with E-state index >= 15 is 0 Å². The summed E-state index contributed by atoms with van der Waals surface area (Å²) < 4.78 is 16.0. The molecule has 2 atom stereocenters. The van der Waals surface area contributed by atoms with E-state index in [1.54, 1.807) is 0 Å². The molecule has 3 nitrogen and oxygen atoms in total. The van der Waals surface area contributed by atoms with E-state index in [0.29, 0.717) is 12.7 Å². The van der Waals surface area contributed by atoms with Gasteiger partial charge in [-0.1, -0.05) is 0 Å². The maximum Gasteiger partial charge on any atom is 0.163 e. The Morgan fingerprint density at radius 2 is 1.90 bits per heavy atom. The predicted molar refractivity (Wildman–Crippen MR) is 34.6 cm³/mol. The zero-order valence-corrected chi connectivity index (χ0v) is 6.29. The highest BCUT2D eigenvalue weighted by atomic mass is 16.8. The number of hydrogen-bond acceptors (Lipinski definition) is 3. The monoisotopic (exact) mass is 144 g/mol. The number of rotatable bonds is 1. The molecule has 0 saturated carbocycles. The Kier molecular flexibility index (Phi) is 1.27. The quantitative estimate of drug-likeness (QED) is 0.503. The van der Waals surface area contributed by atoms with Crippen LogP contribution in [0.2, 0.25) is 0 Å². The minimum absolute atomic E-state index is 0.176. The predicted octanol–water partition coefficient (Wildman–Crippen LogP) is 0.537. The summed E-state index contributed by atoms with van der Waals surface area (Å²) in [6.07, 6.45) is 0.483. The van der Waals surface area contributed by atoms with Crippen molar-refractivity contribution in [3.8, 4) is 0 Å². The Balaban J connectivity index is 1.92. The van der Waals surface area contributed by atoms with Crippen molar-refractivity contribution in [2.24, 2.45) is 0 Å². The van der Waals surface area contributed by atoms with Gasteiger partial charge in [-0.2, -0.15) is 0 Å². The molecule has 58 valence electrons. The van der Waals surface area contributed by atoms with Crippen LogP contribution in [-0.2, 0) is 14.2 Å². The van der Waals surface area contributed by atoms with Crippen LogP contribution < -0.4 is 0 Å². The van der Waals surface area contributed by atoms with Gasteiger partial charge in [-0.05, 0) is 13.8 Å². The normalized spacial score (nSPS) is 43.8. The highest BCUT2D eigenvalue weighted by Crippen LogP contribution is 2.29. The van der Waals surface area contributed by atoms with Gasteiger partial charge in [-0.15, -0.1) is 0 Å². The summed E-state index contributed by atoms with van der Waals surface area (Å²) in [4.78, 5) is 0. The van der Waals surface area contributed by atoms with Gasteiger partial charge >= 0.3 is 0 Å². The van der Waals surface area contributed by atoms with Crippen molar-refractivity contribution in [2.45, 2.75) is 31.8 Å². The van der Waals surface area contributed by atoms with E-state index in [4.69, 9.17) is 14.2 Å². The van der Waals surface area contributed by atoms with E-state index in [1.807, 2.05) is 13.8 Å². The second-order valence-corrected chi connectivity index (χ2v) is 3.24. The molecule has 2 aliphatic heterocycles. The van der Waals surface area contributed by atoms with Crippen LogP contribution in [-0.4, -0.2) is 31.2 Å². The van der Waals surface area contributed by atoms with E-state index < -0.39 is 5.79 Å². The molecular weight excluding hydrogens is 132 g/mol. The van der Waals surface area contributed by atoms with Crippen molar-refractivity contribution in [2.75, 3.05) is 13.2 Å². The van der Waals surface area contributed by atoms with Gasteiger partial charge in [-0.25, -0.2) is 0 Å². The molecule has 0 aromatic heterocycles. The van der Waals surface area contributed by atoms with E-state index in [9.17, 15) is 0 Å². The summed E-state index contributed by atoms with van der Waals surface area (Å²) in [6.45, 7) is 5.37. The van der Waals surface area contributed by atoms with Crippen LogP contribution in [0.4, 0.5) is 0 Å². The van der Waals surface area contributed by atoms with E-state index in [0.717, 1.165) is 6.61 Å². The van der Waals surface area contributed by atoms with Crippen LogP contribution in [0.1, 0.15) is 13.8 Å². The first kappa shape index (κ1) is 6.58. The van der Waals surface area contributed by atoms with Crippen LogP contribution >= 0.6 is 0 Å². The minimum atomic E-state index is -0.392. The third kappa shape index (κ3) is 1.17. The van der Waals surface area contributed by atoms with Gasteiger partial charge in [0.15, 0.2) is 5.79 Å². The highest BCUT2D eigenvalue weighted by Gasteiger charge is 2.43. The fraction of sp³-hybridized carbons (Fsp3) is 1.00. The van der Waals surface area contributed by atoms with Crippen molar-refractivity contribution in [3.05, 3.63) is 0 Å². The molecule has 2 aliphatic rings. The summed E-state index contributed by atoms with van der Waals surface area (Å²) in [5, 5.41) is 0. The van der Waals surface area contributed by atoms with Gasteiger partial charge in [0, 0.05) is 0 Å². The number of ether oxygens (including phenoxy) is 3. The average molecular weight is 144 g/mol. The zero-order valence-electron chi connectivity index (χ0n) is 6.29. The fourth-order valence-corrected chi connectivity index (χ4v) is 1.17. The van der Waals surface area contributed by atoms with Crippen molar-refractivity contribution in [3.63, 3.8) is 0 Å². The molecule has 0 bridgehead atoms. The molecule has 0 aromatic carbocycles. The lowest BCUT2D eigenvalue weighted by Crippen LogP contribution is -2.24. The Morgan fingerprint density at radius 3 is 2.30 bits per heavy atom. The molecule has 2 heterocycles. The molecule has 0 N–H and O–H groups in total. The molecule has 0 aliphatic carbocycles. The standard InChI is InChI=1S/C7H12O3/c1-7(2)9-4-6(10-7)5-3-8-5/h5-6H,3-4H2,1-2H3/t5-,6-/m0/s1. The summed E-state index contributed by atoms with van der Waals surface area (Å²) >= 11 is 0. The number of hydrogen-bond donors (Lipinski definition) is 0. The Labute approximate surface area is 60.3 Å². The second kappa shape index (κ2) is 1.94. The van der Waals surface area contributed by atoms with Crippen LogP contribution in [0.15, 0.2) is 0 Å². The topological polar surface area (TPSA) is 31.0 Å². The van der Waals surface area contributed by atoms with E-state index in [2.05, 4.69) is 0 Å². The van der Waals surface area contributed by atoms with Gasteiger partial charge in [0.2, 0.25) is 0 Å². The van der Waals surface area contributed by atoms with Crippen LogP contribution in [0.5, 0.6) is 0 Å². The molecule has 0 spiro atoms. The van der Waals surface area contributed by atoms with Crippen LogP contribution in [0, 0.1) is 0 Å². The molecule has 2 fully saturated rings. The number of epoxide rings is 1. The molecule has 0 aromatic rings. The summed E-state index contributed by atoms with van der Waals surface area (Å²) in [5.41, 5.74) is 0. The first-order valence-electron chi connectivity index (χ1n) is 3.61. The van der Waals surface area contributed by atoms with Gasteiger partial charge in [0.05, 0.1) is 13.2 Å². The largest absolute Gasteiger partial charge is 0.370 e. The molecule has 0 amide bonds. The lowest BCUT2D eigenvalue weighted by molar-refractivity contribution is -0.140. The summed E-state index contributed by atoms with van der Waals surface area (Å²) in [5.74, 6) is -0.392. The van der Waals surface area contributed by atoms with Crippen LogP contribution in [0.25, 0.3) is 0 Å². The minimum Gasteiger partial charge on any atom is -0.370 e. The lowest BCUT2D eigenvalue weighted by Gasteiger charge is -2.15. The molecule has 0 radical (unpaired) electrons. The van der Waals surface area contributed by atoms with Gasteiger partial charge < -0.3 is 14.2 Å². The maximum absolute atomic E-state index is 5.53. The van der Waals surface area contributed by atoms with Crippen molar-refractivity contribution >= 4 is 0 Å². The van der Waals surface area contributed by atoms with Crippen molar-refractivity contribution < 1.29 is 14.2 Å². The van der Waals surface area contributed by atoms with Crippen LogP contribution in [0.3, 0.4) is 0 Å². The average Bonchev–Trinajstić information content (AvgIpc) is 2.59. The SMILES string of the molecule is CC1(C)OC[C@@H]([C@@H]2CO2)O1. The lowest BCUT2D eigenvalue weighted by atomic mass is 10.3. The first-order chi connectivity index (χ1) is 4.67. The van der Waals surface area contributed by atoms with Crippen molar-refractivity contribution in [1.29, 1.82) is 0 Å². The maximum atomic E-state index is 5.53. The molecule has 2 rings (SSSR count). The van der Waals surface area contributed by atoms with E-state index in [1.165, 1.54) is 0 Å². The highest BCUT2D eigenvalue weighted by molar-refractivity contribution is 4.84. The summed E-state index contributed by atoms with van der Waals surface area (Å²) in [6, 6.07) is 0. The zero-order chi connectivity index (χ0) is 7.19. The Hall–Kier alpha value is -0.120. The summed E-state index contributed by atoms with van der Waals surface area (Å²) in [7, 11) is 0. The Bertz CT molecular complexity index is 140. The molecular formula is C7H12O3. The first-order valence-corrected chi connectivity index (χ1v) is 3.61.